The molecule has 0 spiro atoms. The quantitative estimate of drug-likeness (QED) is 0.179. The third kappa shape index (κ3) is 9.02. The summed E-state index contributed by atoms with van der Waals surface area (Å²) in [6.45, 7) is 3.90. The lowest BCUT2D eigenvalue weighted by atomic mass is 9.98. The highest BCUT2D eigenvalue weighted by Crippen LogP contribution is 2.66. The number of carbonyl (C=O) groups excluding carboxylic acids is 2. The predicted molar refractivity (Wildman–Crippen MR) is 106 cm³/mol. The van der Waals surface area contributed by atoms with Crippen LogP contribution in [-0.4, -0.2) is 72.0 Å². The van der Waals surface area contributed by atoms with E-state index in [9.17, 15) is 33.3 Å². The van der Waals surface area contributed by atoms with Crippen LogP contribution in [-0.2, 0) is 41.2 Å². The van der Waals surface area contributed by atoms with Crippen molar-refractivity contribution < 1.29 is 70.2 Å². The van der Waals surface area contributed by atoms with Crippen LogP contribution in [0.1, 0.15) is 27.7 Å². The van der Waals surface area contributed by atoms with E-state index < -0.39 is 71.8 Å². The standard InChI is InChI=1S/C14H25FNO14P3/c1-8(2)10(18)5-6-16(9(3)17)13-14(4,15)12(19)11(28-13)7-27-32(23,24)30-33(25,26)29-31(20,21)22/h5-6,8,11-13,19H,7H2,1-4H3,(H,23,24)(H,25,26)(H2,20,21,22)/b6-5-/t11-,12?,13-,14-/m1/s1. The molecule has 0 saturated carbocycles. The lowest BCUT2D eigenvalue weighted by molar-refractivity contribution is -0.146. The van der Waals surface area contributed by atoms with Crippen molar-refractivity contribution in [2.45, 2.75) is 51.8 Å². The summed E-state index contributed by atoms with van der Waals surface area (Å²) >= 11 is 0. The van der Waals surface area contributed by atoms with E-state index in [1.54, 1.807) is 13.8 Å². The van der Waals surface area contributed by atoms with Crippen LogP contribution in [0.2, 0.25) is 0 Å². The third-order valence-electron chi connectivity index (χ3n) is 4.12. The van der Waals surface area contributed by atoms with E-state index >= 15 is 4.39 Å². The van der Waals surface area contributed by atoms with Gasteiger partial charge in [0, 0.05) is 19.0 Å². The Labute approximate surface area is 187 Å². The fourth-order valence-corrected chi connectivity index (χ4v) is 5.55. The van der Waals surface area contributed by atoms with Crippen LogP contribution < -0.4 is 0 Å². The average molecular weight is 543 g/mol. The Morgan fingerprint density at radius 1 is 1.15 bits per heavy atom. The average Bonchev–Trinajstić information content (AvgIpc) is 2.80. The predicted octanol–water partition coefficient (Wildman–Crippen LogP) is 0.731. The van der Waals surface area contributed by atoms with Crippen LogP contribution in [0.5, 0.6) is 0 Å². The van der Waals surface area contributed by atoms with Crippen LogP contribution in [0.4, 0.5) is 4.39 Å². The first-order valence-electron chi connectivity index (χ1n) is 9.00. The summed E-state index contributed by atoms with van der Waals surface area (Å²) in [7, 11) is -16.9. The minimum Gasteiger partial charge on any atom is -0.387 e. The fraction of sp³-hybridized carbons (Fsp3) is 0.714. The van der Waals surface area contributed by atoms with E-state index in [1.807, 2.05) is 0 Å². The molecule has 1 amide bonds. The van der Waals surface area contributed by atoms with E-state index in [2.05, 4.69) is 13.1 Å². The molecule has 0 aliphatic carbocycles. The number of ether oxygens (including phenoxy) is 1. The summed E-state index contributed by atoms with van der Waals surface area (Å²) in [6, 6.07) is 0. The van der Waals surface area contributed by atoms with Crippen molar-refractivity contribution in [3.8, 4) is 0 Å². The maximum Gasteiger partial charge on any atom is 0.490 e. The van der Waals surface area contributed by atoms with E-state index in [-0.39, 0.29) is 0 Å². The monoisotopic (exact) mass is 543 g/mol. The number of aliphatic hydroxyl groups excluding tert-OH is 1. The largest absolute Gasteiger partial charge is 0.490 e. The number of ketones is 1. The first-order chi connectivity index (χ1) is 14.7. The van der Waals surface area contributed by atoms with Gasteiger partial charge in [-0.1, -0.05) is 13.8 Å². The molecular formula is C14H25FNO14P3. The highest BCUT2D eigenvalue weighted by Gasteiger charge is 2.57. The Kier molecular flexibility index (Phi) is 9.89. The molecule has 0 aromatic carbocycles. The van der Waals surface area contributed by atoms with Crippen molar-refractivity contribution in [1.29, 1.82) is 0 Å². The summed E-state index contributed by atoms with van der Waals surface area (Å²) in [5, 5.41) is 10.2. The summed E-state index contributed by atoms with van der Waals surface area (Å²) in [5.41, 5.74) is -2.68. The van der Waals surface area contributed by atoms with Crippen molar-refractivity contribution in [1.82, 2.24) is 4.90 Å². The van der Waals surface area contributed by atoms with Crippen LogP contribution in [0.15, 0.2) is 12.3 Å². The van der Waals surface area contributed by atoms with Crippen molar-refractivity contribution in [3.05, 3.63) is 12.3 Å². The topological polar surface area (TPSA) is 227 Å². The van der Waals surface area contributed by atoms with Crippen molar-refractivity contribution in [3.63, 3.8) is 0 Å². The second-order valence-electron chi connectivity index (χ2n) is 7.31. The van der Waals surface area contributed by atoms with Crippen LogP contribution in [0.25, 0.3) is 0 Å². The van der Waals surface area contributed by atoms with Crippen LogP contribution in [0, 0.1) is 5.92 Å². The lowest BCUT2D eigenvalue weighted by Crippen LogP contribution is -2.49. The summed E-state index contributed by atoms with van der Waals surface area (Å²) in [5.74, 6) is -1.61. The Hall–Kier alpha value is -0.860. The van der Waals surface area contributed by atoms with Gasteiger partial charge in [-0.25, -0.2) is 18.1 Å². The molecule has 0 aromatic heterocycles. The maximum atomic E-state index is 15.2. The second kappa shape index (κ2) is 10.8. The molecule has 192 valence electrons. The number of phosphoric acid groups is 3. The zero-order valence-corrected chi connectivity index (χ0v) is 20.4. The molecule has 5 N–H and O–H groups in total. The number of amides is 1. The first kappa shape index (κ1) is 30.2. The van der Waals surface area contributed by atoms with Gasteiger partial charge in [0.15, 0.2) is 17.7 Å². The van der Waals surface area contributed by atoms with Crippen molar-refractivity contribution >= 4 is 35.2 Å². The molecule has 3 unspecified atom stereocenters. The minimum atomic E-state index is -5.78. The number of aliphatic hydroxyl groups is 1. The fourth-order valence-electron chi connectivity index (χ4n) is 2.52. The zero-order valence-electron chi connectivity index (χ0n) is 17.7. The molecule has 1 aliphatic heterocycles. The molecule has 1 aliphatic rings. The molecule has 0 bridgehead atoms. The number of hydrogen-bond donors (Lipinski definition) is 5. The van der Waals surface area contributed by atoms with Gasteiger partial charge in [0.25, 0.3) is 0 Å². The molecule has 1 rings (SSSR count). The Morgan fingerprint density at radius 3 is 2.15 bits per heavy atom. The summed E-state index contributed by atoms with van der Waals surface area (Å²) < 4.78 is 65.6. The highest BCUT2D eigenvalue weighted by atomic mass is 31.3. The van der Waals surface area contributed by atoms with Gasteiger partial charge >= 0.3 is 23.5 Å². The molecule has 0 radical (unpaired) electrons. The van der Waals surface area contributed by atoms with E-state index in [4.69, 9.17) is 19.4 Å². The van der Waals surface area contributed by atoms with Gasteiger partial charge in [0.05, 0.1) is 6.61 Å². The second-order valence-corrected chi connectivity index (χ2v) is 11.7. The summed E-state index contributed by atoms with van der Waals surface area (Å²) in [6.07, 6.45) is -3.66. The van der Waals surface area contributed by atoms with Crippen LogP contribution in [0.3, 0.4) is 0 Å². The van der Waals surface area contributed by atoms with Gasteiger partial charge in [-0.2, -0.15) is 8.62 Å². The van der Waals surface area contributed by atoms with Crippen LogP contribution >= 0.6 is 23.5 Å². The molecule has 19 heteroatoms. The minimum absolute atomic E-state index is 0.399. The van der Waals surface area contributed by atoms with Gasteiger partial charge in [-0.3, -0.25) is 19.0 Å². The zero-order chi connectivity index (χ0) is 26.0. The normalized spacial score (nSPS) is 29.7. The smallest absolute Gasteiger partial charge is 0.387 e. The Morgan fingerprint density at radius 2 is 1.70 bits per heavy atom. The molecule has 33 heavy (non-hydrogen) atoms. The lowest BCUT2D eigenvalue weighted by Gasteiger charge is -2.31. The third-order valence-corrected chi connectivity index (χ3v) is 7.92. The Balaban J connectivity index is 2.97. The van der Waals surface area contributed by atoms with Gasteiger partial charge < -0.3 is 29.4 Å². The number of hydrogen-bond acceptors (Lipinski definition) is 10. The van der Waals surface area contributed by atoms with E-state index in [0.717, 1.165) is 26.1 Å². The van der Waals surface area contributed by atoms with Gasteiger partial charge in [0.1, 0.15) is 12.2 Å². The highest BCUT2D eigenvalue weighted by molar-refractivity contribution is 7.66. The number of nitrogens with zero attached hydrogens (tertiary/aromatic N) is 1. The van der Waals surface area contributed by atoms with Crippen molar-refractivity contribution in [2.24, 2.45) is 5.92 Å². The SMILES string of the molecule is CC(=O)N(/C=C\C(=O)C(C)C)[C@@H]1O[C@H](COP(=O)(O)OP(=O)(O)OP(=O)(O)O)C(O)[C@@]1(C)F. The summed E-state index contributed by atoms with van der Waals surface area (Å²) in [4.78, 5) is 60.0. The number of allylic oxidation sites excluding steroid dienone is 1. The number of rotatable bonds is 11. The number of halogens is 1. The van der Waals surface area contributed by atoms with Crippen molar-refractivity contribution in [2.75, 3.05) is 6.61 Å². The number of phosphoric ester groups is 1. The maximum absolute atomic E-state index is 15.2. The molecule has 15 nitrogen and oxygen atoms in total. The number of alkyl halides is 1. The molecule has 6 atom stereocenters. The van der Waals surface area contributed by atoms with E-state index in [0.29, 0.717) is 4.90 Å². The molecule has 1 saturated heterocycles. The molecule has 0 aromatic rings. The van der Waals surface area contributed by atoms with E-state index in [1.165, 1.54) is 0 Å². The molecule has 1 heterocycles. The number of carbonyl (C=O) groups is 2. The van der Waals surface area contributed by atoms with Gasteiger partial charge in [-0.05, 0) is 13.0 Å². The van der Waals surface area contributed by atoms with Gasteiger partial charge in [-0.15, -0.1) is 0 Å². The molecule has 1 fully saturated rings. The Bertz CT molecular complexity index is 917. The van der Waals surface area contributed by atoms with Gasteiger partial charge in [0.2, 0.25) is 5.91 Å². The molecular weight excluding hydrogens is 518 g/mol. The first-order valence-corrected chi connectivity index (χ1v) is 13.5.